The number of nitrogens with two attached hydrogens (primary N) is 1. The summed E-state index contributed by atoms with van der Waals surface area (Å²) in [5.41, 5.74) is 9.45. The van der Waals surface area contributed by atoms with Crippen LogP contribution in [0.25, 0.3) is 0 Å². The molecule has 0 amide bonds. The third kappa shape index (κ3) is 2.36. The highest BCUT2D eigenvalue weighted by Crippen LogP contribution is 2.23. The van der Waals surface area contributed by atoms with Gasteiger partial charge in [0.05, 0.1) is 6.54 Å². The Kier molecular flexibility index (Phi) is 3.48. The minimum atomic E-state index is -0.0128. The predicted octanol–water partition coefficient (Wildman–Crippen LogP) is 1.51. The lowest BCUT2D eigenvalue weighted by Gasteiger charge is -2.18. The van der Waals surface area contributed by atoms with Gasteiger partial charge in [0.1, 0.15) is 0 Å². The van der Waals surface area contributed by atoms with Crippen molar-refractivity contribution in [1.82, 2.24) is 0 Å². The molecule has 0 bridgehead atoms. The Morgan fingerprint density at radius 3 is 2.40 bits per heavy atom. The van der Waals surface area contributed by atoms with E-state index in [1.807, 2.05) is 38.1 Å². The fourth-order valence-corrected chi connectivity index (χ4v) is 1.58. The van der Waals surface area contributed by atoms with Crippen LogP contribution in [0.5, 0.6) is 0 Å². The van der Waals surface area contributed by atoms with Gasteiger partial charge in [-0.15, -0.1) is 0 Å². The highest BCUT2D eigenvalue weighted by atomic mass is 16.1. The van der Waals surface area contributed by atoms with Gasteiger partial charge in [-0.2, -0.15) is 0 Å². The second-order valence-corrected chi connectivity index (χ2v) is 3.96. The number of carbonyl (C=O) groups excluding carboxylic acids is 1. The standard InChI is InChI=1S/C12H18N2O/c1-8-5-10(12(15)7-13)6-11(9(8)2)14(3)4/h5-6H,7,13H2,1-4H3. The first-order chi connectivity index (χ1) is 6.97. The summed E-state index contributed by atoms with van der Waals surface area (Å²) in [6, 6.07) is 3.80. The van der Waals surface area contributed by atoms with Gasteiger partial charge in [0, 0.05) is 25.3 Å². The van der Waals surface area contributed by atoms with E-state index in [1.54, 1.807) is 0 Å². The topological polar surface area (TPSA) is 46.3 Å². The summed E-state index contributed by atoms with van der Waals surface area (Å²) >= 11 is 0. The Morgan fingerprint density at radius 1 is 1.33 bits per heavy atom. The van der Waals surface area contributed by atoms with Gasteiger partial charge >= 0.3 is 0 Å². The molecule has 0 aliphatic heterocycles. The van der Waals surface area contributed by atoms with Crippen molar-refractivity contribution in [3.05, 3.63) is 28.8 Å². The largest absolute Gasteiger partial charge is 0.377 e. The number of ketones is 1. The molecule has 2 N–H and O–H groups in total. The third-order valence-corrected chi connectivity index (χ3v) is 2.63. The van der Waals surface area contributed by atoms with Crippen LogP contribution >= 0.6 is 0 Å². The second-order valence-electron chi connectivity index (χ2n) is 3.96. The van der Waals surface area contributed by atoms with Crippen LogP contribution in [0, 0.1) is 13.8 Å². The molecule has 0 heterocycles. The van der Waals surface area contributed by atoms with Crippen molar-refractivity contribution in [2.75, 3.05) is 25.5 Å². The zero-order chi connectivity index (χ0) is 11.6. The summed E-state index contributed by atoms with van der Waals surface area (Å²) in [6.07, 6.45) is 0. The molecule has 0 saturated carbocycles. The number of aryl methyl sites for hydroxylation is 1. The minimum Gasteiger partial charge on any atom is -0.377 e. The zero-order valence-corrected chi connectivity index (χ0v) is 9.79. The Bertz CT molecular complexity index is 383. The van der Waals surface area contributed by atoms with Crippen molar-refractivity contribution in [1.29, 1.82) is 0 Å². The molecule has 1 aromatic rings. The van der Waals surface area contributed by atoms with E-state index in [1.165, 1.54) is 5.56 Å². The van der Waals surface area contributed by atoms with E-state index in [-0.39, 0.29) is 12.3 Å². The third-order valence-electron chi connectivity index (χ3n) is 2.63. The number of rotatable bonds is 3. The molecular weight excluding hydrogens is 188 g/mol. The van der Waals surface area contributed by atoms with E-state index in [4.69, 9.17) is 5.73 Å². The Morgan fingerprint density at radius 2 is 1.93 bits per heavy atom. The maximum atomic E-state index is 11.5. The number of benzene rings is 1. The number of carbonyl (C=O) groups is 1. The van der Waals surface area contributed by atoms with Gasteiger partial charge in [0.15, 0.2) is 5.78 Å². The average molecular weight is 206 g/mol. The van der Waals surface area contributed by atoms with E-state index in [2.05, 4.69) is 6.92 Å². The fourth-order valence-electron chi connectivity index (χ4n) is 1.58. The molecule has 3 nitrogen and oxygen atoms in total. The summed E-state index contributed by atoms with van der Waals surface area (Å²) in [7, 11) is 3.94. The van der Waals surface area contributed by atoms with Gasteiger partial charge in [-0.1, -0.05) is 0 Å². The normalized spacial score (nSPS) is 10.2. The van der Waals surface area contributed by atoms with Crippen molar-refractivity contribution in [2.24, 2.45) is 5.73 Å². The lowest BCUT2D eigenvalue weighted by molar-refractivity contribution is 0.100. The minimum absolute atomic E-state index is 0.0128. The highest BCUT2D eigenvalue weighted by molar-refractivity contribution is 5.98. The molecule has 0 aliphatic rings. The molecule has 0 atom stereocenters. The average Bonchev–Trinajstić information content (AvgIpc) is 2.20. The SMILES string of the molecule is Cc1cc(C(=O)CN)cc(N(C)C)c1C. The van der Waals surface area contributed by atoms with E-state index in [0.29, 0.717) is 5.56 Å². The zero-order valence-electron chi connectivity index (χ0n) is 9.79. The van der Waals surface area contributed by atoms with E-state index in [9.17, 15) is 4.79 Å². The Labute approximate surface area is 90.9 Å². The van der Waals surface area contributed by atoms with Gasteiger partial charge in [-0.05, 0) is 37.1 Å². The van der Waals surface area contributed by atoms with Crippen molar-refractivity contribution in [3.63, 3.8) is 0 Å². The number of nitrogens with zero attached hydrogens (tertiary/aromatic N) is 1. The van der Waals surface area contributed by atoms with Crippen LogP contribution in [0.4, 0.5) is 5.69 Å². The molecule has 1 rings (SSSR count). The number of Topliss-reactive ketones (excluding diaryl/α,β-unsaturated/α-hetero) is 1. The molecule has 0 aromatic heterocycles. The van der Waals surface area contributed by atoms with Crippen LogP contribution in [0.15, 0.2) is 12.1 Å². The molecule has 0 unspecified atom stereocenters. The molecule has 0 aliphatic carbocycles. The smallest absolute Gasteiger partial charge is 0.176 e. The van der Waals surface area contributed by atoms with Crippen molar-refractivity contribution in [3.8, 4) is 0 Å². The monoisotopic (exact) mass is 206 g/mol. The van der Waals surface area contributed by atoms with Gasteiger partial charge in [-0.3, -0.25) is 4.79 Å². The predicted molar refractivity (Wildman–Crippen MR) is 63.6 cm³/mol. The summed E-state index contributed by atoms with van der Waals surface area (Å²) in [5.74, 6) is -0.0128. The van der Waals surface area contributed by atoms with Crippen molar-refractivity contribution < 1.29 is 4.79 Å². The number of hydrogen-bond donors (Lipinski definition) is 1. The van der Waals surface area contributed by atoms with Crippen LogP contribution in [-0.2, 0) is 0 Å². The van der Waals surface area contributed by atoms with E-state index >= 15 is 0 Å². The number of anilines is 1. The van der Waals surface area contributed by atoms with Crippen LogP contribution in [-0.4, -0.2) is 26.4 Å². The maximum absolute atomic E-state index is 11.5. The molecule has 0 fully saturated rings. The lowest BCUT2D eigenvalue weighted by Crippen LogP contribution is -2.16. The van der Waals surface area contributed by atoms with Crippen LogP contribution in [0.2, 0.25) is 0 Å². The van der Waals surface area contributed by atoms with Gasteiger partial charge in [0.25, 0.3) is 0 Å². The second kappa shape index (κ2) is 4.45. The highest BCUT2D eigenvalue weighted by Gasteiger charge is 2.10. The first-order valence-corrected chi connectivity index (χ1v) is 4.99. The lowest BCUT2D eigenvalue weighted by atomic mass is 10.0. The molecule has 0 spiro atoms. The molecule has 3 heteroatoms. The first-order valence-electron chi connectivity index (χ1n) is 4.99. The summed E-state index contributed by atoms with van der Waals surface area (Å²) in [4.78, 5) is 13.5. The van der Waals surface area contributed by atoms with E-state index in [0.717, 1.165) is 11.3 Å². The van der Waals surface area contributed by atoms with Crippen LogP contribution in [0.3, 0.4) is 0 Å². The summed E-state index contributed by atoms with van der Waals surface area (Å²) in [5, 5.41) is 0. The molecule has 1 aromatic carbocycles. The molecule has 15 heavy (non-hydrogen) atoms. The molecule has 82 valence electrons. The first kappa shape index (κ1) is 11.7. The van der Waals surface area contributed by atoms with Crippen LogP contribution < -0.4 is 10.6 Å². The number of hydrogen-bond acceptors (Lipinski definition) is 3. The van der Waals surface area contributed by atoms with Gasteiger partial charge < -0.3 is 10.6 Å². The van der Waals surface area contributed by atoms with Crippen LogP contribution in [0.1, 0.15) is 21.5 Å². The molecule has 0 saturated heterocycles. The summed E-state index contributed by atoms with van der Waals surface area (Å²) < 4.78 is 0. The van der Waals surface area contributed by atoms with Gasteiger partial charge in [0.2, 0.25) is 0 Å². The quantitative estimate of drug-likeness (QED) is 0.762. The molecule has 0 radical (unpaired) electrons. The summed E-state index contributed by atoms with van der Waals surface area (Å²) in [6.45, 7) is 4.13. The van der Waals surface area contributed by atoms with Crippen molar-refractivity contribution >= 4 is 11.5 Å². The fraction of sp³-hybridized carbons (Fsp3) is 0.417. The molecular formula is C12H18N2O. The Balaban J connectivity index is 3.29. The Hall–Kier alpha value is -1.35. The maximum Gasteiger partial charge on any atom is 0.176 e. The van der Waals surface area contributed by atoms with Crippen molar-refractivity contribution in [2.45, 2.75) is 13.8 Å². The van der Waals surface area contributed by atoms with E-state index < -0.39 is 0 Å². The van der Waals surface area contributed by atoms with Gasteiger partial charge in [-0.25, -0.2) is 0 Å².